The Labute approximate surface area is 89.5 Å². The molecule has 0 saturated carbocycles. The van der Waals surface area contributed by atoms with Crippen LogP contribution in [0.5, 0.6) is 5.75 Å². The van der Waals surface area contributed by atoms with Crippen LogP contribution in [-0.2, 0) is 6.61 Å². The van der Waals surface area contributed by atoms with E-state index in [1.165, 1.54) is 0 Å². The molecule has 0 atom stereocenters. The van der Waals surface area contributed by atoms with Crippen molar-refractivity contribution in [1.82, 2.24) is 0 Å². The summed E-state index contributed by atoms with van der Waals surface area (Å²) in [5.41, 5.74) is 0.731. The van der Waals surface area contributed by atoms with Crippen LogP contribution in [0.25, 0.3) is 0 Å². The van der Waals surface area contributed by atoms with E-state index in [0.29, 0.717) is 11.6 Å². The number of halogens is 1. The first-order valence-corrected chi connectivity index (χ1v) is 5.17. The van der Waals surface area contributed by atoms with E-state index in [1.54, 1.807) is 12.1 Å². The zero-order valence-corrected chi connectivity index (χ0v) is 9.05. The Bertz CT molecular complexity index is 287. The van der Waals surface area contributed by atoms with Gasteiger partial charge >= 0.3 is 0 Å². The second-order valence-corrected chi connectivity index (χ2v) is 3.52. The van der Waals surface area contributed by atoms with Crippen molar-refractivity contribution in [1.29, 1.82) is 0 Å². The predicted molar refractivity (Wildman–Crippen MR) is 57.8 cm³/mol. The minimum absolute atomic E-state index is 0.0337. The van der Waals surface area contributed by atoms with Gasteiger partial charge in [-0.25, -0.2) is 0 Å². The number of rotatable bonds is 5. The molecule has 0 aromatic heterocycles. The van der Waals surface area contributed by atoms with E-state index in [1.807, 2.05) is 6.07 Å². The Kier molecular flexibility index (Phi) is 4.77. The molecule has 3 heteroatoms. The van der Waals surface area contributed by atoms with Gasteiger partial charge in [0.15, 0.2) is 0 Å². The molecular weight excluding hydrogens is 200 g/mol. The van der Waals surface area contributed by atoms with Gasteiger partial charge in [-0.1, -0.05) is 31.0 Å². The Morgan fingerprint density at radius 3 is 2.79 bits per heavy atom. The molecular formula is C11H15ClO2. The van der Waals surface area contributed by atoms with Crippen molar-refractivity contribution in [2.45, 2.75) is 26.4 Å². The summed E-state index contributed by atoms with van der Waals surface area (Å²) in [4.78, 5) is 0. The third-order valence-corrected chi connectivity index (χ3v) is 2.31. The molecule has 14 heavy (non-hydrogen) atoms. The monoisotopic (exact) mass is 214 g/mol. The second kappa shape index (κ2) is 5.89. The molecule has 0 aliphatic heterocycles. The topological polar surface area (TPSA) is 29.5 Å². The molecule has 0 bridgehead atoms. The molecule has 1 rings (SSSR count). The summed E-state index contributed by atoms with van der Waals surface area (Å²) in [5, 5.41) is 9.46. The zero-order valence-electron chi connectivity index (χ0n) is 8.29. The Balaban J connectivity index is 2.57. The number of benzene rings is 1. The molecule has 0 saturated heterocycles. The largest absolute Gasteiger partial charge is 0.494 e. The van der Waals surface area contributed by atoms with E-state index in [0.717, 1.165) is 24.2 Å². The van der Waals surface area contributed by atoms with Gasteiger partial charge in [0.2, 0.25) is 0 Å². The van der Waals surface area contributed by atoms with Gasteiger partial charge in [0.1, 0.15) is 5.75 Å². The molecule has 0 spiro atoms. The lowest BCUT2D eigenvalue weighted by molar-refractivity contribution is 0.281. The number of hydrogen-bond donors (Lipinski definition) is 1. The molecule has 2 nitrogen and oxygen atoms in total. The number of hydrogen-bond acceptors (Lipinski definition) is 2. The zero-order chi connectivity index (χ0) is 10.4. The summed E-state index contributed by atoms with van der Waals surface area (Å²) in [6.45, 7) is 2.80. The SMILES string of the molecule is CCCCOc1ccc(CO)c(Cl)c1. The summed E-state index contributed by atoms with van der Waals surface area (Å²) >= 11 is 5.90. The van der Waals surface area contributed by atoms with Crippen molar-refractivity contribution in [3.8, 4) is 5.75 Å². The van der Waals surface area contributed by atoms with Crippen LogP contribution in [-0.4, -0.2) is 11.7 Å². The lowest BCUT2D eigenvalue weighted by Gasteiger charge is -2.07. The van der Waals surface area contributed by atoms with E-state index >= 15 is 0 Å². The van der Waals surface area contributed by atoms with E-state index in [2.05, 4.69) is 6.92 Å². The van der Waals surface area contributed by atoms with Crippen LogP contribution in [0.15, 0.2) is 18.2 Å². The van der Waals surface area contributed by atoms with Crippen molar-refractivity contribution in [2.24, 2.45) is 0 Å². The van der Waals surface area contributed by atoms with Gasteiger partial charge in [0.25, 0.3) is 0 Å². The smallest absolute Gasteiger partial charge is 0.120 e. The molecule has 0 amide bonds. The quantitative estimate of drug-likeness (QED) is 0.764. The maximum Gasteiger partial charge on any atom is 0.120 e. The molecule has 78 valence electrons. The molecule has 1 N–H and O–H groups in total. The lowest BCUT2D eigenvalue weighted by atomic mass is 10.2. The Morgan fingerprint density at radius 2 is 2.21 bits per heavy atom. The number of aliphatic hydroxyl groups excluding tert-OH is 1. The molecule has 0 unspecified atom stereocenters. The van der Waals surface area contributed by atoms with Crippen LogP contribution < -0.4 is 4.74 Å². The first-order chi connectivity index (χ1) is 6.77. The highest BCUT2D eigenvalue weighted by atomic mass is 35.5. The van der Waals surface area contributed by atoms with E-state index < -0.39 is 0 Å². The summed E-state index contributed by atoms with van der Waals surface area (Å²) in [7, 11) is 0. The van der Waals surface area contributed by atoms with Crippen LogP contribution in [0.4, 0.5) is 0 Å². The molecule has 0 aliphatic carbocycles. The minimum atomic E-state index is -0.0337. The van der Waals surface area contributed by atoms with Gasteiger partial charge in [0, 0.05) is 5.02 Å². The number of aliphatic hydroxyl groups is 1. The molecule has 0 aliphatic rings. The van der Waals surface area contributed by atoms with Crippen LogP contribution in [0, 0.1) is 0 Å². The predicted octanol–water partition coefficient (Wildman–Crippen LogP) is 3.01. The van der Waals surface area contributed by atoms with Crippen molar-refractivity contribution in [3.05, 3.63) is 28.8 Å². The summed E-state index contributed by atoms with van der Waals surface area (Å²) in [6.07, 6.45) is 2.15. The van der Waals surface area contributed by atoms with Crippen molar-refractivity contribution in [2.75, 3.05) is 6.61 Å². The average Bonchev–Trinajstić information content (AvgIpc) is 2.18. The number of ether oxygens (including phenoxy) is 1. The first kappa shape index (κ1) is 11.3. The maximum atomic E-state index is 8.90. The standard InChI is InChI=1S/C11H15ClO2/c1-2-3-6-14-10-5-4-9(8-13)11(12)7-10/h4-5,7,13H,2-3,6,8H2,1H3. The average molecular weight is 215 g/mol. The Morgan fingerprint density at radius 1 is 1.43 bits per heavy atom. The second-order valence-electron chi connectivity index (χ2n) is 3.11. The fourth-order valence-electron chi connectivity index (χ4n) is 1.08. The number of unbranched alkanes of at least 4 members (excludes halogenated alkanes) is 1. The third kappa shape index (κ3) is 3.20. The van der Waals surface area contributed by atoms with Gasteiger partial charge in [-0.05, 0) is 24.1 Å². The fraction of sp³-hybridized carbons (Fsp3) is 0.455. The van der Waals surface area contributed by atoms with E-state index in [-0.39, 0.29) is 6.61 Å². The maximum absolute atomic E-state index is 8.90. The van der Waals surface area contributed by atoms with Crippen molar-refractivity contribution >= 4 is 11.6 Å². The minimum Gasteiger partial charge on any atom is -0.494 e. The molecule has 1 aromatic rings. The van der Waals surface area contributed by atoms with Crippen molar-refractivity contribution in [3.63, 3.8) is 0 Å². The van der Waals surface area contributed by atoms with Crippen LogP contribution in [0.2, 0.25) is 5.02 Å². The van der Waals surface area contributed by atoms with Gasteiger partial charge in [-0.3, -0.25) is 0 Å². The molecule has 0 radical (unpaired) electrons. The van der Waals surface area contributed by atoms with Crippen LogP contribution in [0.3, 0.4) is 0 Å². The molecule has 1 aromatic carbocycles. The van der Waals surface area contributed by atoms with Gasteiger partial charge in [-0.2, -0.15) is 0 Å². The lowest BCUT2D eigenvalue weighted by Crippen LogP contribution is -1.96. The summed E-state index contributed by atoms with van der Waals surface area (Å²) in [5.74, 6) is 0.764. The highest BCUT2D eigenvalue weighted by Crippen LogP contribution is 2.22. The van der Waals surface area contributed by atoms with Crippen molar-refractivity contribution < 1.29 is 9.84 Å². The van der Waals surface area contributed by atoms with Gasteiger partial charge in [0.05, 0.1) is 13.2 Å². The molecule has 0 fully saturated rings. The third-order valence-electron chi connectivity index (χ3n) is 1.96. The van der Waals surface area contributed by atoms with E-state index in [4.69, 9.17) is 21.4 Å². The summed E-state index contributed by atoms with van der Waals surface area (Å²) < 4.78 is 5.46. The highest BCUT2D eigenvalue weighted by Gasteiger charge is 2.00. The van der Waals surface area contributed by atoms with Crippen LogP contribution >= 0.6 is 11.6 Å². The summed E-state index contributed by atoms with van der Waals surface area (Å²) in [6, 6.07) is 5.35. The van der Waals surface area contributed by atoms with Gasteiger partial charge < -0.3 is 9.84 Å². The van der Waals surface area contributed by atoms with Crippen LogP contribution in [0.1, 0.15) is 25.3 Å². The fourth-order valence-corrected chi connectivity index (χ4v) is 1.31. The Hall–Kier alpha value is -0.730. The highest BCUT2D eigenvalue weighted by molar-refractivity contribution is 6.31. The normalized spacial score (nSPS) is 10.2. The van der Waals surface area contributed by atoms with Gasteiger partial charge in [-0.15, -0.1) is 0 Å². The van der Waals surface area contributed by atoms with E-state index in [9.17, 15) is 0 Å². The molecule has 0 heterocycles. The first-order valence-electron chi connectivity index (χ1n) is 4.80.